The average Bonchev–Trinajstić information content (AvgIpc) is 2.37. The second-order valence-corrected chi connectivity index (χ2v) is 4.86. The molecular weight excluding hydrogens is 252 g/mol. The number of nitrogens with one attached hydrogen (secondary N) is 1. The highest BCUT2D eigenvalue weighted by molar-refractivity contribution is 5.44. The molecule has 0 unspecified atom stereocenters. The van der Waals surface area contributed by atoms with Gasteiger partial charge in [0.05, 0.1) is 0 Å². The lowest BCUT2D eigenvalue weighted by Gasteiger charge is -2.23. The number of nitrogens with two attached hydrogens (primary N) is 1. The molecule has 5 heteroatoms. The van der Waals surface area contributed by atoms with E-state index in [0.717, 1.165) is 24.2 Å². The largest absolute Gasteiger partial charge is 0.399 e. The first kappa shape index (κ1) is 14.1. The van der Waals surface area contributed by atoms with Crippen molar-refractivity contribution in [3.05, 3.63) is 52.1 Å². The second-order valence-electron chi connectivity index (χ2n) is 4.86. The van der Waals surface area contributed by atoms with Gasteiger partial charge in [-0.1, -0.05) is 19.1 Å². The van der Waals surface area contributed by atoms with Crippen molar-refractivity contribution in [2.24, 2.45) is 0 Å². The third-order valence-corrected chi connectivity index (χ3v) is 2.99. The molecule has 0 atom stereocenters. The smallest absolute Gasteiger partial charge is 0.252 e. The highest BCUT2D eigenvalue weighted by atomic mass is 16.1. The molecule has 0 aliphatic rings. The summed E-state index contributed by atoms with van der Waals surface area (Å²) < 4.78 is 0. The van der Waals surface area contributed by atoms with Crippen LogP contribution < -0.4 is 16.2 Å². The number of benzene rings is 1. The van der Waals surface area contributed by atoms with Crippen molar-refractivity contribution in [2.45, 2.75) is 26.8 Å². The van der Waals surface area contributed by atoms with Gasteiger partial charge in [0.25, 0.3) is 5.56 Å². The van der Waals surface area contributed by atoms with Crippen LogP contribution in [0.15, 0.2) is 35.1 Å². The van der Waals surface area contributed by atoms with Gasteiger partial charge in [0.2, 0.25) is 0 Å². The van der Waals surface area contributed by atoms with Crippen LogP contribution >= 0.6 is 0 Å². The minimum Gasteiger partial charge on any atom is -0.399 e. The summed E-state index contributed by atoms with van der Waals surface area (Å²) in [4.78, 5) is 20.8. The zero-order chi connectivity index (χ0) is 14.5. The lowest BCUT2D eigenvalue weighted by Crippen LogP contribution is -2.26. The molecular formula is C15H20N4O. The number of aromatic nitrogens is 2. The molecule has 0 radical (unpaired) electrons. The molecule has 106 valence electrons. The van der Waals surface area contributed by atoms with Gasteiger partial charge in [-0.25, -0.2) is 4.98 Å². The van der Waals surface area contributed by atoms with E-state index in [9.17, 15) is 4.79 Å². The van der Waals surface area contributed by atoms with Crippen LogP contribution in [-0.2, 0) is 6.54 Å². The molecule has 20 heavy (non-hydrogen) atoms. The Kier molecular flexibility index (Phi) is 4.40. The molecule has 0 aliphatic carbocycles. The molecule has 2 rings (SSSR count). The van der Waals surface area contributed by atoms with Crippen LogP contribution in [0.1, 0.15) is 24.7 Å². The summed E-state index contributed by atoms with van der Waals surface area (Å²) in [5, 5.41) is 0. The molecule has 0 saturated carbocycles. The summed E-state index contributed by atoms with van der Waals surface area (Å²) in [6.45, 7) is 5.42. The van der Waals surface area contributed by atoms with E-state index in [-0.39, 0.29) is 5.56 Å². The predicted octanol–water partition coefficient (Wildman–Crippen LogP) is 2.08. The number of rotatable bonds is 5. The van der Waals surface area contributed by atoms with Gasteiger partial charge in [0.1, 0.15) is 11.6 Å². The fourth-order valence-electron chi connectivity index (χ4n) is 2.18. The Labute approximate surface area is 118 Å². The Morgan fingerprint density at radius 2 is 2.15 bits per heavy atom. The van der Waals surface area contributed by atoms with Crippen LogP contribution in [-0.4, -0.2) is 16.5 Å². The highest BCUT2D eigenvalue weighted by Crippen LogP contribution is 2.15. The number of anilines is 2. The molecule has 0 saturated heterocycles. The number of hydrogen-bond donors (Lipinski definition) is 2. The first-order chi connectivity index (χ1) is 9.58. The standard InChI is InChI=1S/C15H20N4O/c1-3-7-19(10-12-5-4-6-13(16)8-12)14-9-15(20)18-11(2)17-14/h4-6,8-9H,3,7,10,16H2,1-2H3,(H,17,18,20). The number of nitrogens with zero attached hydrogens (tertiary/aromatic N) is 2. The Bertz CT molecular complexity index is 636. The number of H-pyrrole nitrogens is 1. The molecule has 0 fully saturated rings. The zero-order valence-electron chi connectivity index (χ0n) is 11.9. The van der Waals surface area contributed by atoms with Gasteiger partial charge in [0.15, 0.2) is 0 Å². The van der Waals surface area contributed by atoms with Crippen LogP contribution in [0, 0.1) is 6.92 Å². The first-order valence-electron chi connectivity index (χ1n) is 6.76. The van der Waals surface area contributed by atoms with Gasteiger partial charge in [-0.05, 0) is 31.0 Å². The van der Waals surface area contributed by atoms with Crippen LogP contribution in [0.3, 0.4) is 0 Å². The molecule has 1 heterocycles. The van der Waals surface area contributed by atoms with Gasteiger partial charge in [-0.3, -0.25) is 4.79 Å². The number of aryl methyl sites for hydroxylation is 1. The Hall–Kier alpha value is -2.30. The molecule has 5 nitrogen and oxygen atoms in total. The number of nitrogen functional groups attached to an aromatic ring is 1. The number of aromatic amines is 1. The lowest BCUT2D eigenvalue weighted by molar-refractivity contribution is 0.748. The fourth-order valence-corrected chi connectivity index (χ4v) is 2.18. The van der Waals surface area contributed by atoms with Crippen LogP contribution in [0.5, 0.6) is 0 Å². The molecule has 0 aliphatic heterocycles. The normalized spacial score (nSPS) is 10.5. The van der Waals surface area contributed by atoms with Crippen molar-refractivity contribution in [2.75, 3.05) is 17.2 Å². The average molecular weight is 272 g/mol. The lowest BCUT2D eigenvalue weighted by atomic mass is 10.2. The van der Waals surface area contributed by atoms with Crippen molar-refractivity contribution >= 4 is 11.5 Å². The van der Waals surface area contributed by atoms with E-state index in [1.54, 1.807) is 6.92 Å². The molecule has 0 amide bonds. The maximum atomic E-state index is 11.6. The molecule has 0 spiro atoms. The zero-order valence-corrected chi connectivity index (χ0v) is 11.9. The van der Waals surface area contributed by atoms with E-state index >= 15 is 0 Å². The van der Waals surface area contributed by atoms with E-state index in [2.05, 4.69) is 21.8 Å². The number of hydrogen-bond acceptors (Lipinski definition) is 4. The van der Waals surface area contributed by atoms with Gasteiger partial charge in [-0.15, -0.1) is 0 Å². The van der Waals surface area contributed by atoms with Crippen LogP contribution in [0.25, 0.3) is 0 Å². The van der Waals surface area contributed by atoms with Crippen molar-refractivity contribution in [1.29, 1.82) is 0 Å². The minimum absolute atomic E-state index is 0.124. The summed E-state index contributed by atoms with van der Waals surface area (Å²) in [7, 11) is 0. The summed E-state index contributed by atoms with van der Waals surface area (Å²) in [6, 6.07) is 9.31. The van der Waals surface area contributed by atoms with Crippen LogP contribution in [0.4, 0.5) is 11.5 Å². The second kappa shape index (κ2) is 6.23. The topological polar surface area (TPSA) is 75.0 Å². The van der Waals surface area contributed by atoms with Crippen LogP contribution in [0.2, 0.25) is 0 Å². The van der Waals surface area contributed by atoms with Crippen molar-refractivity contribution in [1.82, 2.24) is 9.97 Å². The Morgan fingerprint density at radius 3 is 2.80 bits per heavy atom. The molecule has 0 bridgehead atoms. The van der Waals surface area contributed by atoms with Gasteiger partial charge < -0.3 is 15.6 Å². The van der Waals surface area contributed by atoms with Gasteiger partial charge in [-0.2, -0.15) is 0 Å². The van der Waals surface area contributed by atoms with Gasteiger partial charge in [0, 0.05) is 24.8 Å². The Morgan fingerprint density at radius 1 is 1.35 bits per heavy atom. The summed E-state index contributed by atoms with van der Waals surface area (Å²) in [5.41, 5.74) is 7.54. The molecule has 2 aromatic rings. The van der Waals surface area contributed by atoms with E-state index in [4.69, 9.17) is 5.73 Å². The van der Waals surface area contributed by atoms with E-state index in [1.165, 1.54) is 6.07 Å². The van der Waals surface area contributed by atoms with Crippen molar-refractivity contribution < 1.29 is 0 Å². The molecule has 1 aromatic heterocycles. The monoisotopic (exact) mass is 272 g/mol. The van der Waals surface area contributed by atoms with E-state index < -0.39 is 0 Å². The predicted molar refractivity (Wildman–Crippen MR) is 81.8 cm³/mol. The quantitative estimate of drug-likeness (QED) is 0.817. The van der Waals surface area contributed by atoms with E-state index in [1.807, 2.05) is 24.3 Å². The summed E-state index contributed by atoms with van der Waals surface area (Å²) >= 11 is 0. The van der Waals surface area contributed by atoms with E-state index in [0.29, 0.717) is 18.2 Å². The first-order valence-corrected chi connectivity index (χ1v) is 6.76. The third-order valence-electron chi connectivity index (χ3n) is 2.99. The SMILES string of the molecule is CCCN(Cc1cccc(N)c1)c1cc(=O)[nH]c(C)n1. The summed E-state index contributed by atoms with van der Waals surface area (Å²) in [5.74, 6) is 1.33. The van der Waals surface area contributed by atoms with Crippen molar-refractivity contribution in [3.8, 4) is 0 Å². The maximum Gasteiger partial charge on any atom is 0.252 e. The third kappa shape index (κ3) is 3.60. The fraction of sp³-hybridized carbons (Fsp3) is 0.333. The summed E-state index contributed by atoms with van der Waals surface area (Å²) in [6.07, 6.45) is 0.982. The molecule has 3 N–H and O–H groups in total. The Balaban J connectivity index is 2.28. The molecule has 1 aromatic carbocycles. The van der Waals surface area contributed by atoms with Crippen molar-refractivity contribution in [3.63, 3.8) is 0 Å². The minimum atomic E-state index is -0.124. The highest BCUT2D eigenvalue weighted by Gasteiger charge is 2.09. The van der Waals surface area contributed by atoms with Gasteiger partial charge >= 0.3 is 0 Å². The maximum absolute atomic E-state index is 11.6.